The molecule has 3 aliphatic rings. The molecule has 1 aromatic heterocycles. The predicted molar refractivity (Wildman–Crippen MR) is 106 cm³/mol. The van der Waals surface area contributed by atoms with Crippen LogP contribution >= 0.6 is 0 Å². The second-order valence-electron chi connectivity index (χ2n) is 7.83. The van der Waals surface area contributed by atoms with E-state index in [0.29, 0.717) is 5.39 Å². The van der Waals surface area contributed by atoms with Crippen molar-refractivity contribution in [3.8, 4) is 0 Å². The third-order valence-electron chi connectivity index (χ3n) is 5.88. The first-order valence-electron chi connectivity index (χ1n) is 9.12. The fraction of sp³-hybridized carbons (Fsp3) is 0.471. The number of sulfonamides is 1. The van der Waals surface area contributed by atoms with E-state index in [-0.39, 0.29) is 33.4 Å². The van der Waals surface area contributed by atoms with Gasteiger partial charge in [-0.25, -0.2) is 25.3 Å². The van der Waals surface area contributed by atoms with Gasteiger partial charge in [-0.2, -0.15) is 4.31 Å². The van der Waals surface area contributed by atoms with Crippen molar-refractivity contribution in [2.75, 3.05) is 23.0 Å². The minimum absolute atomic E-state index is 0.0383. The first kappa shape index (κ1) is 19.4. The first-order valence-corrected chi connectivity index (χ1v) is 14.2. The van der Waals surface area contributed by atoms with Crippen molar-refractivity contribution >= 4 is 40.6 Å². The molecule has 29 heavy (non-hydrogen) atoms. The van der Waals surface area contributed by atoms with Crippen LogP contribution in [0.3, 0.4) is 0 Å². The fourth-order valence-electron chi connectivity index (χ4n) is 4.75. The SMILES string of the molecule is O=S1(=O)C[C@@H]2[C@@H](C1)N[C@H]1CS(=O)(=O)C[C@@H]1N2S(=O)(=O)c1cccc2cccnc12. The molecular weight excluding hydrogens is 438 g/mol. The molecule has 0 aliphatic carbocycles. The van der Waals surface area contributed by atoms with Gasteiger partial charge in [0.05, 0.1) is 40.6 Å². The van der Waals surface area contributed by atoms with Crippen molar-refractivity contribution in [1.82, 2.24) is 14.6 Å². The molecule has 1 N–H and O–H groups in total. The zero-order valence-corrected chi connectivity index (χ0v) is 17.6. The number of hydrogen-bond acceptors (Lipinski definition) is 8. The van der Waals surface area contributed by atoms with E-state index in [2.05, 4.69) is 10.3 Å². The Bertz CT molecular complexity index is 1270. The Balaban J connectivity index is 1.70. The Morgan fingerprint density at radius 3 is 2.10 bits per heavy atom. The van der Waals surface area contributed by atoms with E-state index in [4.69, 9.17) is 0 Å². The average Bonchev–Trinajstić information content (AvgIpc) is 3.10. The van der Waals surface area contributed by atoms with Gasteiger partial charge < -0.3 is 5.32 Å². The average molecular weight is 458 g/mol. The predicted octanol–water partition coefficient (Wildman–Crippen LogP) is -0.840. The minimum atomic E-state index is -4.20. The lowest BCUT2D eigenvalue weighted by molar-refractivity contribution is 0.161. The summed E-state index contributed by atoms with van der Waals surface area (Å²) in [4.78, 5) is 4.17. The molecule has 12 heteroatoms. The first-order chi connectivity index (χ1) is 13.6. The number of aromatic nitrogens is 1. The lowest BCUT2D eigenvalue weighted by Gasteiger charge is -2.43. The van der Waals surface area contributed by atoms with E-state index < -0.39 is 53.9 Å². The summed E-state index contributed by atoms with van der Waals surface area (Å²) in [6.45, 7) is 0. The van der Waals surface area contributed by atoms with Gasteiger partial charge in [-0.05, 0) is 12.1 Å². The van der Waals surface area contributed by atoms with Gasteiger partial charge in [0, 0.05) is 23.7 Å². The molecule has 156 valence electrons. The highest BCUT2D eigenvalue weighted by atomic mass is 32.2. The smallest absolute Gasteiger partial charge is 0.245 e. The second kappa shape index (κ2) is 6.20. The summed E-state index contributed by atoms with van der Waals surface area (Å²) in [5.74, 6) is -1.07. The van der Waals surface area contributed by atoms with E-state index in [9.17, 15) is 25.3 Å². The maximum atomic E-state index is 13.8. The van der Waals surface area contributed by atoms with Crippen LogP contribution in [0.1, 0.15) is 0 Å². The monoisotopic (exact) mass is 457 g/mol. The number of piperazine rings is 1. The Kier molecular flexibility index (Phi) is 4.14. The van der Waals surface area contributed by atoms with Gasteiger partial charge in [0.15, 0.2) is 19.7 Å². The molecule has 0 spiro atoms. The fourth-order valence-corrected chi connectivity index (χ4v) is 10.8. The molecule has 3 aliphatic heterocycles. The number of para-hydroxylation sites is 1. The van der Waals surface area contributed by atoms with Gasteiger partial charge in [-0.3, -0.25) is 4.98 Å². The molecule has 0 saturated carbocycles. The Hall–Kier alpha value is -1.60. The summed E-state index contributed by atoms with van der Waals surface area (Å²) < 4.78 is 77.8. The van der Waals surface area contributed by atoms with Gasteiger partial charge in [-0.15, -0.1) is 0 Å². The molecule has 0 amide bonds. The molecule has 0 unspecified atom stereocenters. The number of fused-ring (bicyclic) bond motifs is 3. The van der Waals surface area contributed by atoms with Gasteiger partial charge in [-0.1, -0.05) is 18.2 Å². The highest BCUT2D eigenvalue weighted by Gasteiger charge is 2.57. The molecule has 9 nitrogen and oxygen atoms in total. The summed E-state index contributed by atoms with van der Waals surface area (Å²) in [6, 6.07) is 5.25. The maximum Gasteiger partial charge on any atom is 0.245 e. The third-order valence-corrected chi connectivity index (χ3v) is 11.3. The van der Waals surface area contributed by atoms with Crippen molar-refractivity contribution in [3.63, 3.8) is 0 Å². The number of nitrogens with zero attached hydrogens (tertiary/aromatic N) is 2. The number of hydrogen-bond donors (Lipinski definition) is 1. The standard InChI is InChI=1S/C17H19N3O6S3/c21-27(22)7-12-14(9-27)20(15-10-28(23,24)8-13(15)19-12)29(25,26)16-5-1-3-11-4-2-6-18-17(11)16/h1-6,12-15,19H,7-10H2/t12-,13+,14-,15+. The van der Waals surface area contributed by atoms with Crippen LogP contribution in [0.5, 0.6) is 0 Å². The van der Waals surface area contributed by atoms with Gasteiger partial charge in [0.1, 0.15) is 4.90 Å². The molecule has 2 aromatic rings. The number of pyridine rings is 1. The van der Waals surface area contributed by atoms with E-state index >= 15 is 0 Å². The van der Waals surface area contributed by atoms with Crippen molar-refractivity contribution in [2.24, 2.45) is 0 Å². The lowest BCUT2D eigenvalue weighted by atomic mass is 10.0. The normalized spacial score (nSPS) is 33.4. The van der Waals surface area contributed by atoms with Gasteiger partial charge in [0.2, 0.25) is 10.0 Å². The largest absolute Gasteiger partial charge is 0.306 e. The zero-order valence-electron chi connectivity index (χ0n) is 15.2. The minimum Gasteiger partial charge on any atom is -0.306 e. The lowest BCUT2D eigenvalue weighted by Crippen LogP contribution is -2.67. The molecule has 3 fully saturated rings. The van der Waals surface area contributed by atoms with Crippen molar-refractivity contribution in [3.05, 3.63) is 36.5 Å². The van der Waals surface area contributed by atoms with E-state index in [1.165, 1.54) is 12.3 Å². The van der Waals surface area contributed by atoms with Crippen molar-refractivity contribution in [2.45, 2.75) is 29.1 Å². The van der Waals surface area contributed by atoms with Crippen molar-refractivity contribution in [1.29, 1.82) is 0 Å². The highest BCUT2D eigenvalue weighted by molar-refractivity contribution is 7.92. The molecule has 0 bridgehead atoms. The summed E-state index contributed by atoms with van der Waals surface area (Å²) in [5, 5.41) is 3.73. The van der Waals surface area contributed by atoms with Crippen LogP contribution in [0.25, 0.3) is 10.9 Å². The molecular formula is C17H19N3O6S3. The number of sulfone groups is 2. The summed E-state index contributed by atoms with van der Waals surface area (Å²) in [5.41, 5.74) is 0.281. The molecule has 0 radical (unpaired) electrons. The van der Waals surface area contributed by atoms with E-state index in [1.54, 1.807) is 24.3 Å². The Morgan fingerprint density at radius 2 is 1.48 bits per heavy atom. The third kappa shape index (κ3) is 3.08. The molecule has 5 rings (SSSR count). The summed E-state index contributed by atoms with van der Waals surface area (Å²) >= 11 is 0. The number of nitrogens with one attached hydrogen (secondary N) is 1. The Labute approximate surface area is 169 Å². The van der Waals surface area contributed by atoms with Crippen LogP contribution in [0, 0.1) is 0 Å². The summed E-state index contributed by atoms with van der Waals surface area (Å²) in [7, 11) is -11.1. The number of benzene rings is 1. The quantitative estimate of drug-likeness (QED) is 0.618. The highest BCUT2D eigenvalue weighted by Crippen LogP contribution is 2.37. The maximum absolute atomic E-state index is 13.8. The zero-order chi connectivity index (χ0) is 20.6. The second-order valence-corrected chi connectivity index (χ2v) is 14.0. The molecule has 4 heterocycles. The van der Waals surface area contributed by atoms with Crippen LogP contribution in [-0.2, 0) is 29.7 Å². The van der Waals surface area contributed by atoms with Gasteiger partial charge in [0.25, 0.3) is 0 Å². The van der Waals surface area contributed by atoms with E-state index in [1.807, 2.05) is 0 Å². The van der Waals surface area contributed by atoms with Crippen LogP contribution in [0.4, 0.5) is 0 Å². The Morgan fingerprint density at radius 1 is 0.897 bits per heavy atom. The van der Waals surface area contributed by atoms with Crippen LogP contribution in [0.2, 0.25) is 0 Å². The molecule has 4 atom stereocenters. The summed E-state index contributed by atoms with van der Waals surface area (Å²) in [6.07, 6.45) is 1.49. The van der Waals surface area contributed by atoms with E-state index in [0.717, 1.165) is 4.31 Å². The van der Waals surface area contributed by atoms with Crippen molar-refractivity contribution < 1.29 is 25.3 Å². The molecule has 3 saturated heterocycles. The number of rotatable bonds is 2. The van der Waals surface area contributed by atoms with Gasteiger partial charge >= 0.3 is 0 Å². The van der Waals surface area contributed by atoms with Crippen LogP contribution in [-0.4, -0.2) is 81.7 Å². The molecule has 1 aromatic carbocycles. The van der Waals surface area contributed by atoms with Crippen LogP contribution < -0.4 is 5.32 Å². The topological polar surface area (TPSA) is 131 Å². The van der Waals surface area contributed by atoms with Crippen LogP contribution in [0.15, 0.2) is 41.4 Å².